The van der Waals surface area contributed by atoms with Gasteiger partial charge in [-0.05, 0) is 18.1 Å². The van der Waals surface area contributed by atoms with E-state index in [9.17, 15) is 4.79 Å². The standard InChI is InChI=1S/C16H17N3O/c1-3-6-11-14-10-7-4-5-8-12(10)19-13(14)9-18-15(11)16(20)17-2/h4-5,7-9,19H,3,6H2,1-2H3,(H,17,20). The molecule has 3 rings (SSSR count). The molecule has 0 unspecified atom stereocenters. The zero-order chi connectivity index (χ0) is 14.1. The maximum absolute atomic E-state index is 12.0. The monoisotopic (exact) mass is 267 g/mol. The van der Waals surface area contributed by atoms with Crippen molar-refractivity contribution in [2.24, 2.45) is 0 Å². The van der Waals surface area contributed by atoms with Crippen LogP contribution in [0.4, 0.5) is 0 Å². The summed E-state index contributed by atoms with van der Waals surface area (Å²) in [6.45, 7) is 2.11. The second-order valence-electron chi connectivity index (χ2n) is 4.87. The van der Waals surface area contributed by atoms with Gasteiger partial charge in [0.15, 0.2) is 0 Å². The number of aromatic amines is 1. The summed E-state index contributed by atoms with van der Waals surface area (Å²) in [4.78, 5) is 19.7. The molecule has 0 fully saturated rings. The molecule has 4 heteroatoms. The predicted molar refractivity (Wildman–Crippen MR) is 81.0 cm³/mol. The second-order valence-corrected chi connectivity index (χ2v) is 4.87. The Bertz CT molecular complexity index is 789. The Hall–Kier alpha value is -2.36. The van der Waals surface area contributed by atoms with Crippen LogP contribution in [0.5, 0.6) is 0 Å². The third kappa shape index (κ3) is 1.84. The van der Waals surface area contributed by atoms with E-state index in [1.807, 2.05) is 18.2 Å². The van der Waals surface area contributed by atoms with E-state index in [1.165, 1.54) is 0 Å². The minimum atomic E-state index is -0.124. The fraction of sp³-hybridized carbons (Fsp3) is 0.250. The fourth-order valence-electron chi connectivity index (χ4n) is 2.72. The lowest BCUT2D eigenvalue weighted by Gasteiger charge is -2.08. The van der Waals surface area contributed by atoms with Gasteiger partial charge in [-0.1, -0.05) is 31.5 Å². The first-order valence-electron chi connectivity index (χ1n) is 6.86. The van der Waals surface area contributed by atoms with E-state index in [4.69, 9.17) is 0 Å². The Morgan fingerprint density at radius 2 is 2.10 bits per heavy atom. The Kier molecular flexibility index (Phi) is 3.14. The normalized spacial score (nSPS) is 11.1. The molecule has 0 bridgehead atoms. The van der Waals surface area contributed by atoms with Crippen molar-refractivity contribution in [3.05, 3.63) is 41.7 Å². The molecule has 0 saturated carbocycles. The summed E-state index contributed by atoms with van der Waals surface area (Å²) in [5.41, 5.74) is 3.63. The molecule has 2 heterocycles. The Labute approximate surface area is 117 Å². The first-order valence-corrected chi connectivity index (χ1v) is 6.86. The van der Waals surface area contributed by atoms with Gasteiger partial charge in [0.2, 0.25) is 0 Å². The number of carbonyl (C=O) groups excluding carboxylic acids is 1. The lowest BCUT2D eigenvalue weighted by Crippen LogP contribution is -2.21. The zero-order valence-corrected chi connectivity index (χ0v) is 11.7. The van der Waals surface area contributed by atoms with Crippen molar-refractivity contribution in [1.82, 2.24) is 15.3 Å². The molecule has 1 aromatic carbocycles. The summed E-state index contributed by atoms with van der Waals surface area (Å²) in [5, 5.41) is 4.95. The molecule has 0 saturated heterocycles. The predicted octanol–water partition coefficient (Wildman–Crippen LogP) is 3.03. The number of rotatable bonds is 3. The number of amides is 1. The molecule has 1 amide bonds. The van der Waals surface area contributed by atoms with E-state index in [0.717, 1.165) is 40.2 Å². The molecule has 0 aliphatic rings. The highest BCUT2D eigenvalue weighted by Gasteiger charge is 2.17. The molecule has 0 aliphatic heterocycles. The zero-order valence-electron chi connectivity index (χ0n) is 11.7. The van der Waals surface area contributed by atoms with Crippen LogP contribution in [0.25, 0.3) is 21.8 Å². The van der Waals surface area contributed by atoms with E-state index in [-0.39, 0.29) is 5.91 Å². The summed E-state index contributed by atoms with van der Waals surface area (Å²) in [5.74, 6) is -0.124. The quantitative estimate of drug-likeness (QED) is 0.766. The smallest absolute Gasteiger partial charge is 0.269 e. The number of nitrogens with zero attached hydrogens (tertiary/aromatic N) is 1. The molecule has 20 heavy (non-hydrogen) atoms. The van der Waals surface area contributed by atoms with Crippen molar-refractivity contribution in [3.63, 3.8) is 0 Å². The van der Waals surface area contributed by atoms with Crippen molar-refractivity contribution in [3.8, 4) is 0 Å². The van der Waals surface area contributed by atoms with Crippen LogP contribution >= 0.6 is 0 Å². The van der Waals surface area contributed by atoms with Gasteiger partial charge >= 0.3 is 0 Å². The average Bonchev–Trinajstić information content (AvgIpc) is 2.86. The molecule has 2 aromatic heterocycles. The Morgan fingerprint density at radius 3 is 2.85 bits per heavy atom. The Balaban J connectivity index is 2.40. The van der Waals surface area contributed by atoms with Gasteiger partial charge < -0.3 is 10.3 Å². The lowest BCUT2D eigenvalue weighted by atomic mass is 10.0. The highest BCUT2D eigenvalue weighted by atomic mass is 16.1. The largest absolute Gasteiger partial charge is 0.354 e. The summed E-state index contributed by atoms with van der Waals surface area (Å²) < 4.78 is 0. The maximum atomic E-state index is 12.0. The number of nitrogens with one attached hydrogen (secondary N) is 2. The average molecular weight is 267 g/mol. The molecule has 0 spiro atoms. The second kappa shape index (κ2) is 4.96. The van der Waals surface area contributed by atoms with Gasteiger partial charge in [-0.25, -0.2) is 4.98 Å². The number of benzene rings is 1. The van der Waals surface area contributed by atoms with Crippen molar-refractivity contribution in [2.75, 3.05) is 7.05 Å². The number of carbonyl (C=O) groups is 1. The van der Waals surface area contributed by atoms with Crippen LogP contribution in [0.15, 0.2) is 30.5 Å². The Morgan fingerprint density at radius 1 is 1.30 bits per heavy atom. The third-order valence-electron chi connectivity index (χ3n) is 3.59. The molecule has 0 radical (unpaired) electrons. The molecule has 102 valence electrons. The number of hydrogen-bond acceptors (Lipinski definition) is 2. The SMILES string of the molecule is CCCc1c(C(=O)NC)ncc2[nH]c3ccccc3c12. The first kappa shape index (κ1) is 12.7. The number of H-pyrrole nitrogens is 1. The summed E-state index contributed by atoms with van der Waals surface area (Å²) in [6.07, 6.45) is 3.57. The van der Waals surface area contributed by atoms with Gasteiger partial charge in [-0.2, -0.15) is 0 Å². The summed E-state index contributed by atoms with van der Waals surface area (Å²) in [7, 11) is 1.64. The van der Waals surface area contributed by atoms with Crippen LogP contribution < -0.4 is 5.32 Å². The van der Waals surface area contributed by atoms with Gasteiger partial charge in [0, 0.05) is 23.3 Å². The van der Waals surface area contributed by atoms with E-state index >= 15 is 0 Å². The first-order chi connectivity index (χ1) is 9.76. The van der Waals surface area contributed by atoms with Crippen LogP contribution in [0.2, 0.25) is 0 Å². The van der Waals surface area contributed by atoms with E-state index in [2.05, 4.69) is 28.3 Å². The molecule has 3 aromatic rings. The van der Waals surface area contributed by atoms with Crippen molar-refractivity contribution < 1.29 is 4.79 Å². The van der Waals surface area contributed by atoms with Gasteiger partial charge in [-0.15, -0.1) is 0 Å². The highest BCUT2D eigenvalue weighted by Crippen LogP contribution is 2.30. The number of fused-ring (bicyclic) bond motifs is 3. The molecular weight excluding hydrogens is 250 g/mol. The summed E-state index contributed by atoms with van der Waals surface area (Å²) >= 11 is 0. The fourth-order valence-corrected chi connectivity index (χ4v) is 2.72. The van der Waals surface area contributed by atoms with Crippen molar-refractivity contribution >= 4 is 27.7 Å². The minimum absolute atomic E-state index is 0.124. The number of aromatic nitrogens is 2. The van der Waals surface area contributed by atoms with Crippen LogP contribution in [0, 0.1) is 0 Å². The van der Waals surface area contributed by atoms with E-state index < -0.39 is 0 Å². The highest BCUT2D eigenvalue weighted by molar-refractivity contribution is 6.11. The minimum Gasteiger partial charge on any atom is -0.354 e. The lowest BCUT2D eigenvalue weighted by molar-refractivity contribution is 0.0957. The maximum Gasteiger partial charge on any atom is 0.269 e. The van der Waals surface area contributed by atoms with Crippen LogP contribution in [0.1, 0.15) is 29.4 Å². The van der Waals surface area contributed by atoms with Crippen molar-refractivity contribution in [1.29, 1.82) is 0 Å². The molecular formula is C16H17N3O. The van der Waals surface area contributed by atoms with Gasteiger partial charge in [0.1, 0.15) is 5.69 Å². The van der Waals surface area contributed by atoms with E-state index in [0.29, 0.717) is 5.69 Å². The van der Waals surface area contributed by atoms with E-state index in [1.54, 1.807) is 13.2 Å². The topological polar surface area (TPSA) is 57.8 Å². The molecule has 2 N–H and O–H groups in total. The number of hydrogen-bond donors (Lipinski definition) is 2. The number of para-hydroxylation sites is 1. The third-order valence-corrected chi connectivity index (χ3v) is 3.59. The van der Waals surface area contributed by atoms with Gasteiger partial charge in [0.05, 0.1) is 11.7 Å². The number of aryl methyl sites for hydroxylation is 1. The van der Waals surface area contributed by atoms with Gasteiger partial charge in [-0.3, -0.25) is 4.79 Å². The number of pyridine rings is 1. The molecule has 0 aliphatic carbocycles. The van der Waals surface area contributed by atoms with Gasteiger partial charge in [0.25, 0.3) is 5.91 Å². The van der Waals surface area contributed by atoms with Crippen LogP contribution in [-0.4, -0.2) is 22.9 Å². The molecule has 4 nitrogen and oxygen atoms in total. The van der Waals surface area contributed by atoms with Crippen molar-refractivity contribution in [2.45, 2.75) is 19.8 Å². The van der Waals surface area contributed by atoms with Crippen LogP contribution in [-0.2, 0) is 6.42 Å². The molecule has 0 atom stereocenters. The summed E-state index contributed by atoms with van der Waals surface area (Å²) in [6, 6.07) is 8.15. The van der Waals surface area contributed by atoms with Crippen LogP contribution in [0.3, 0.4) is 0 Å².